The van der Waals surface area contributed by atoms with Crippen molar-refractivity contribution in [2.75, 3.05) is 5.32 Å². The number of hydrogen-bond donors (Lipinski definition) is 1. The Hall–Kier alpha value is -2.46. The molecule has 0 unspecified atom stereocenters. The Morgan fingerprint density at radius 3 is 2.76 bits per heavy atom. The van der Waals surface area contributed by atoms with Crippen LogP contribution in [0.5, 0.6) is 0 Å². The normalized spacial score (nSPS) is 9.95. The molecule has 0 fully saturated rings. The number of nitrogens with one attached hydrogen (secondary N) is 1. The largest absolute Gasteiger partial charge is 0.381 e. The van der Waals surface area contributed by atoms with E-state index in [1.54, 1.807) is 18.2 Å². The number of nitriles is 1. The minimum absolute atomic E-state index is 0.0419. The molecule has 0 spiro atoms. The summed E-state index contributed by atoms with van der Waals surface area (Å²) in [4.78, 5) is 10.1. The topological polar surface area (TPSA) is 79.0 Å². The van der Waals surface area contributed by atoms with E-state index in [1.165, 1.54) is 24.3 Å². The van der Waals surface area contributed by atoms with Crippen LogP contribution in [0.15, 0.2) is 40.9 Å². The van der Waals surface area contributed by atoms with Crippen LogP contribution in [0.4, 0.5) is 15.8 Å². The quantitative estimate of drug-likeness (QED) is 0.668. The highest BCUT2D eigenvalue weighted by Gasteiger charge is 2.13. The molecule has 0 heterocycles. The van der Waals surface area contributed by atoms with E-state index in [2.05, 4.69) is 21.2 Å². The molecule has 21 heavy (non-hydrogen) atoms. The first-order chi connectivity index (χ1) is 10.0. The summed E-state index contributed by atoms with van der Waals surface area (Å²) in [6, 6.07) is 10.4. The van der Waals surface area contributed by atoms with Gasteiger partial charge in [-0.05, 0) is 30.3 Å². The van der Waals surface area contributed by atoms with Crippen LogP contribution in [0, 0.1) is 27.3 Å². The summed E-state index contributed by atoms with van der Waals surface area (Å²) in [5, 5.41) is 22.6. The van der Waals surface area contributed by atoms with Gasteiger partial charge in [0, 0.05) is 28.3 Å². The lowest BCUT2D eigenvalue weighted by molar-refractivity contribution is -0.385. The van der Waals surface area contributed by atoms with Crippen LogP contribution in [0.1, 0.15) is 11.1 Å². The first-order valence-electron chi connectivity index (χ1n) is 5.87. The number of rotatable bonds is 4. The van der Waals surface area contributed by atoms with Gasteiger partial charge in [0.05, 0.1) is 4.92 Å². The average Bonchev–Trinajstić information content (AvgIpc) is 2.47. The molecular weight excluding hydrogens is 341 g/mol. The van der Waals surface area contributed by atoms with E-state index in [1.807, 2.05) is 0 Å². The SMILES string of the molecule is N#Cc1cc(NCc2cc(Br)ccc2F)ccc1[N+](=O)[O-]. The van der Waals surface area contributed by atoms with E-state index in [9.17, 15) is 14.5 Å². The molecule has 5 nitrogen and oxygen atoms in total. The van der Waals surface area contributed by atoms with Crippen molar-refractivity contribution in [1.82, 2.24) is 0 Å². The predicted molar refractivity (Wildman–Crippen MR) is 79.2 cm³/mol. The molecule has 7 heteroatoms. The Bertz CT molecular complexity index is 743. The highest BCUT2D eigenvalue weighted by molar-refractivity contribution is 9.10. The first kappa shape index (κ1) is 14.9. The van der Waals surface area contributed by atoms with E-state index in [4.69, 9.17) is 5.26 Å². The summed E-state index contributed by atoms with van der Waals surface area (Å²) in [5.74, 6) is -0.354. The zero-order valence-electron chi connectivity index (χ0n) is 10.6. The number of halogens is 2. The van der Waals surface area contributed by atoms with Crippen LogP contribution in [-0.2, 0) is 6.54 Å². The number of hydrogen-bond acceptors (Lipinski definition) is 4. The highest BCUT2D eigenvalue weighted by Crippen LogP contribution is 2.23. The van der Waals surface area contributed by atoms with Crippen LogP contribution >= 0.6 is 15.9 Å². The van der Waals surface area contributed by atoms with Crippen molar-refractivity contribution in [2.24, 2.45) is 0 Å². The van der Waals surface area contributed by atoms with E-state index < -0.39 is 4.92 Å². The maximum absolute atomic E-state index is 13.6. The summed E-state index contributed by atoms with van der Waals surface area (Å²) >= 11 is 3.26. The van der Waals surface area contributed by atoms with Crippen LogP contribution < -0.4 is 5.32 Å². The molecule has 0 aliphatic rings. The molecule has 0 saturated heterocycles. The molecule has 2 aromatic rings. The maximum Gasteiger partial charge on any atom is 0.287 e. The van der Waals surface area contributed by atoms with Crippen molar-refractivity contribution in [3.8, 4) is 6.07 Å². The summed E-state index contributed by atoms with van der Waals surface area (Å²) in [7, 11) is 0. The third-order valence-corrected chi connectivity index (χ3v) is 3.30. The number of nitro benzene ring substituents is 1. The Morgan fingerprint density at radius 1 is 1.33 bits per heavy atom. The first-order valence-corrected chi connectivity index (χ1v) is 6.67. The number of nitrogens with zero attached hydrogens (tertiary/aromatic N) is 2. The van der Waals surface area contributed by atoms with Gasteiger partial charge in [0.2, 0.25) is 0 Å². The lowest BCUT2D eigenvalue weighted by Crippen LogP contribution is -2.03. The molecule has 0 aliphatic carbocycles. The van der Waals surface area contributed by atoms with E-state index >= 15 is 0 Å². The lowest BCUT2D eigenvalue weighted by Gasteiger charge is -2.08. The Morgan fingerprint density at radius 2 is 2.10 bits per heavy atom. The second-order valence-corrected chi connectivity index (χ2v) is 5.11. The van der Waals surface area contributed by atoms with Crippen molar-refractivity contribution < 1.29 is 9.31 Å². The molecule has 0 saturated carbocycles. The van der Waals surface area contributed by atoms with Gasteiger partial charge in [-0.1, -0.05) is 15.9 Å². The second-order valence-electron chi connectivity index (χ2n) is 4.19. The van der Waals surface area contributed by atoms with Crippen LogP contribution in [0.3, 0.4) is 0 Å². The summed E-state index contributed by atoms with van der Waals surface area (Å²) in [5.41, 5.74) is 0.661. The van der Waals surface area contributed by atoms with Crippen molar-refractivity contribution in [3.05, 3.63) is 67.9 Å². The third-order valence-electron chi connectivity index (χ3n) is 2.80. The zero-order valence-corrected chi connectivity index (χ0v) is 12.2. The van der Waals surface area contributed by atoms with Gasteiger partial charge < -0.3 is 5.32 Å². The van der Waals surface area contributed by atoms with Crippen molar-refractivity contribution in [2.45, 2.75) is 6.54 Å². The van der Waals surface area contributed by atoms with Crippen LogP contribution in [0.25, 0.3) is 0 Å². The fourth-order valence-electron chi connectivity index (χ4n) is 1.77. The lowest BCUT2D eigenvalue weighted by atomic mass is 10.1. The Balaban J connectivity index is 2.19. The number of benzene rings is 2. The van der Waals surface area contributed by atoms with Crippen molar-refractivity contribution in [3.63, 3.8) is 0 Å². The van der Waals surface area contributed by atoms with Gasteiger partial charge in [0.15, 0.2) is 0 Å². The highest BCUT2D eigenvalue weighted by atomic mass is 79.9. The monoisotopic (exact) mass is 349 g/mol. The molecule has 0 atom stereocenters. The van der Waals surface area contributed by atoms with E-state index in [0.29, 0.717) is 11.3 Å². The molecular formula is C14H9BrFN3O2. The zero-order chi connectivity index (χ0) is 15.4. The van der Waals surface area contributed by atoms with Gasteiger partial charge in [-0.25, -0.2) is 4.39 Å². The van der Waals surface area contributed by atoms with Gasteiger partial charge in [0.1, 0.15) is 17.4 Å². The standard InChI is InChI=1S/C14H9BrFN3O2/c15-11-1-3-13(16)10(5-11)8-18-12-2-4-14(19(20)21)9(6-12)7-17/h1-6,18H,8H2. The van der Waals surface area contributed by atoms with Crippen LogP contribution in [0.2, 0.25) is 0 Å². The van der Waals surface area contributed by atoms with Gasteiger partial charge >= 0.3 is 0 Å². The summed E-state index contributed by atoms with van der Waals surface area (Å²) < 4.78 is 14.3. The van der Waals surface area contributed by atoms with Gasteiger partial charge in [-0.15, -0.1) is 0 Å². The Labute approximate surface area is 128 Å². The van der Waals surface area contributed by atoms with Crippen molar-refractivity contribution >= 4 is 27.3 Å². The van der Waals surface area contributed by atoms with E-state index in [-0.39, 0.29) is 23.6 Å². The molecule has 0 radical (unpaired) electrons. The second kappa shape index (κ2) is 6.33. The minimum atomic E-state index is -0.615. The minimum Gasteiger partial charge on any atom is -0.381 e. The van der Waals surface area contributed by atoms with Gasteiger partial charge in [0.25, 0.3) is 5.69 Å². The van der Waals surface area contributed by atoms with E-state index in [0.717, 1.165) is 4.47 Å². The fraction of sp³-hybridized carbons (Fsp3) is 0.0714. The molecule has 1 N–H and O–H groups in total. The summed E-state index contributed by atoms with van der Waals surface area (Å²) in [6.45, 7) is 0.202. The average molecular weight is 350 g/mol. The smallest absolute Gasteiger partial charge is 0.287 e. The molecule has 0 aliphatic heterocycles. The number of nitro groups is 1. The molecule has 2 aromatic carbocycles. The maximum atomic E-state index is 13.6. The van der Waals surface area contributed by atoms with Gasteiger partial charge in [-0.3, -0.25) is 10.1 Å². The fourth-order valence-corrected chi connectivity index (χ4v) is 2.18. The molecule has 106 valence electrons. The van der Waals surface area contributed by atoms with Crippen LogP contribution in [-0.4, -0.2) is 4.92 Å². The molecule has 0 amide bonds. The molecule has 2 rings (SSSR count). The predicted octanol–water partition coefficient (Wildman–Crippen LogP) is 3.98. The molecule has 0 bridgehead atoms. The van der Waals surface area contributed by atoms with Gasteiger partial charge in [-0.2, -0.15) is 5.26 Å². The van der Waals surface area contributed by atoms with Crippen molar-refractivity contribution in [1.29, 1.82) is 5.26 Å². The Kier molecular flexibility index (Phi) is 4.50. The molecule has 0 aromatic heterocycles. The third kappa shape index (κ3) is 3.55. The summed E-state index contributed by atoms with van der Waals surface area (Å²) in [6.07, 6.45) is 0. The number of anilines is 1.